The van der Waals surface area contributed by atoms with Crippen molar-refractivity contribution < 1.29 is 5.11 Å². The number of hydrogen-bond acceptors (Lipinski definition) is 6. The van der Waals surface area contributed by atoms with Crippen LogP contribution in [0.25, 0.3) is 0 Å². The lowest BCUT2D eigenvalue weighted by molar-refractivity contribution is 0.322. The third kappa shape index (κ3) is 4.35. The van der Waals surface area contributed by atoms with E-state index in [-0.39, 0.29) is 12.6 Å². The molecule has 0 spiro atoms. The van der Waals surface area contributed by atoms with Gasteiger partial charge in [0.15, 0.2) is 0 Å². The Morgan fingerprint density at radius 1 is 1.53 bits per heavy atom. The molecule has 6 heteroatoms. The summed E-state index contributed by atoms with van der Waals surface area (Å²) < 4.78 is 0. The summed E-state index contributed by atoms with van der Waals surface area (Å²) in [6, 6.07) is 1.84. The summed E-state index contributed by atoms with van der Waals surface area (Å²) in [6.07, 6.45) is 1.03. The molecule has 0 amide bonds. The number of aromatic nitrogens is 2. The maximum absolute atomic E-state index is 8.70. The van der Waals surface area contributed by atoms with Crippen LogP contribution in [-0.4, -0.2) is 34.0 Å². The van der Waals surface area contributed by atoms with Gasteiger partial charge in [0.2, 0.25) is 5.95 Å². The van der Waals surface area contributed by atoms with Gasteiger partial charge >= 0.3 is 0 Å². The average molecular weight is 228 g/mol. The molecular weight excluding hydrogens is 212 g/mol. The van der Waals surface area contributed by atoms with Crippen molar-refractivity contribution >= 4 is 23.5 Å². The summed E-state index contributed by atoms with van der Waals surface area (Å²) >= 11 is 1.46. The molecule has 0 aliphatic carbocycles. The lowest BCUT2D eigenvalue weighted by atomic mass is 10.4. The lowest BCUT2D eigenvalue weighted by Crippen LogP contribution is -2.05. The van der Waals surface area contributed by atoms with E-state index in [0.29, 0.717) is 5.75 Å². The van der Waals surface area contributed by atoms with Crippen LogP contribution < -0.4 is 11.1 Å². The summed E-state index contributed by atoms with van der Waals surface area (Å²) in [5, 5.41) is 12.6. The van der Waals surface area contributed by atoms with Crippen LogP contribution in [0.1, 0.15) is 13.3 Å². The van der Waals surface area contributed by atoms with Gasteiger partial charge in [0.05, 0.1) is 6.61 Å². The monoisotopic (exact) mass is 228 g/mol. The lowest BCUT2D eigenvalue weighted by Gasteiger charge is -2.06. The first-order chi connectivity index (χ1) is 7.26. The van der Waals surface area contributed by atoms with Crippen molar-refractivity contribution in [2.45, 2.75) is 18.4 Å². The Bertz CT molecular complexity index is 282. The molecule has 0 saturated carbocycles. The highest BCUT2D eigenvalue weighted by Crippen LogP contribution is 2.18. The molecule has 0 radical (unpaired) electrons. The zero-order valence-corrected chi connectivity index (χ0v) is 9.55. The second-order valence-corrected chi connectivity index (χ2v) is 4.06. The average Bonchev–Trinajstić information content (AvgIpc) is 2.23. The highest BCUT2D eigenvalue weighted by atomic mass is 32.2. The molecule has 15 heavy (non-hydrogen) atoms. The van der Waals surface area contributed by atoms with Crippen molar-refractivity contribution in [3.05, 3.63) is 6.07 Å². The molecule has 0 unspecified atom stereocenters. The maximum atomic E-state index is 8.70. The Labute approximate surface area is 93.5 Å². The van der Waals surface area contributed by atoms with Gasteiger partial charge in [-0.3, -0.25) is 0 Å². The van der Waals surface area contributed by atoms with E-state index in [2.05, 4.69) is 22.2 Å². The Kier molecular flexibility index (Phi) is 5.20. The van der Waals surface area contributed by atoms with E-state index in [9.17, 15) is 0 Å². The van der Waals surface area contributed by atoms with Crippen LogP contribution in [-0.2, 0) is 0 Å². The van der Waals surface area contributed by atoms with Crippen LogP contribution in [0, 0.1) is 0 Å². The number of nitrogens with one attached hydrogen (secondary N) is 1. The summed E-state index contributed by atoms with van der Waals surface area (Å²) in [5.74, 6) is 1.62. The van der Waals surface area contributed by atoms with Gasteiger partial charge in [-0.1, -0.05) is 6.92 Å². The molecule has 0 aromatic carbocycles. The molecule has 0 aliphatic heterocycles. The van der Waals surface area contributed by atoms with Crippen molar-refractivity contribution in [1.29, 1.82) is 0 Å². The largest absolute Gasteiger partial charge is 0.396 e. The number of rotatable bonds is 6. The van der Waals surface area contributed by atoms with E-state index in [4.69, 9.17) is 10.8 Å². The Morgan fingerprint density at radius 2 is 2.33 bits per heavy atom. The minimum Gasteiger partial charge on any atom is -0.396 e. The van der Waals surface area contributed by atoms with Crippen LogP contribution >= 0.6 is 11.8 Å². The second kappa shape index (κ2) is 6.47. The minimum atomic E-state index is 0.131. The van der Waals surface area contributed by atoms with Crippen LogP contribution in [0.4, 0.5) is 11.8 Å². The van der Waals surface area contributed by atoms with E-state index in [1.54, 1.807) is 0 Å². The number of nitrogens with zero attached hydrogens (tertiary/aromatic N) is 2. The predicted molar refractivity (Wildman–Crippen MR) is 63.0 cm³/mol. The van der Waals surface area contributed by atoms with E-state index in [1.165, 1.54) is 11.8 Å². The molecule has 0 aliphatic rings. The Hall–Kier alpha value is -1.01. The third-order valence-electron chi connectivity index (χ3n) is 1.62. The normalized spacial score (nSPS) is 10.3. The molecule has 0 saturated heterocycles. The first-order valence-corrected chi connectivity index (χ1v) is 5.87. The number of nitrogen functional groups attached to an aromatic ring is 1. The first kappa shape index (κ1) is 12.1. The Balaban J connectivity index is 2.66. The predicted octanol–water partition coefficient (Wildman–Crippen LogP) is 0.965. The van der Waals surface area contributed by atoms with E-state index < -0.39 is 0 Å². The van der Waals surface area contributed by atoms with E-state index in [0.717, 1.165) is 23.8 Å². The number of aliphatic hydroxyl groups excluding tert-OH is 1. The van der Waals surface area contributed by atoms with Crippen LogP contribution in [0.15, 0.2) is 11.1 Å². The first-order valence-electron chi connectivity index (χ1n) is 4.88. The summed E-state index contributed by atoms with van der Waals surface area (Å²) in [6.45, 7) is 3.08. The molecule has 0 fully saturated rings. The number of hydrogen-bond donors (Lipinski definition) is 3. The highest BCUT2D eigenvalue weighted by molar-refractivity contribution is 7.99. The molecular formula is C9H16N4OS. The Morgan fingerprint density at radius 3 is 3.00 bits per heavy atom. The quantitative estimate of drug-likeness (QED) is 0.497. The molecule has 0 bridgehead atoms. The van der Waals surface area contributed by atoms with Gasteiger partial charge in [0.1, 0.15) is 10.8 Å². The number of thioether (sulfide) groups is 1. The molecule has 1 rings (SSSR count). The molecule has 0 atom stereocenters. The minimum absolute atomic E-state index is 0.131. The van der Waals surface area contributed by atoms with Gasteiger partial charge in [-0.05, 0) is 6.42 Å². The van der Waals surface area contributed by atoms with Gasteiger partial charge in [0, 0.05) is 18.4 Å². The summed E-state index contributed by atoms with van der Waals surface area (Å²) in [5.41, 5.74) is 5.56. The van der Waals surface area contributed by atoms with Crippen LogP contribution in [0.3, 0.4) is 0 Å². The smallest absolute Gasteiger partial charge is 0.223 e. The molecule has 4 N–H and O–H groups in total. The van der Waals surface area contributed by atoms with Crippen LogP contribution in [0.5, 0.6) is 0 Å². The molecule has 84 valence electrons. The topological polar surface area (TPSA) is 84.1 Å². The van der Waals surface area contributed by atoms with Gasteiger partial charge < -0.3 is 16.2 Å². The van der Waals surface area contributed by atoms with Crippen molar-refractivity contribution in [3.63, 3.8) is 0 Å². The van der Waals surface area contributed by atoms with Gasteiger partial charge in [0.25, 0.3) is 0 Å². The number of aliphatic hydroxyl groups is 1. The third-order valence-corrected chi connectivity index (χ3v) is 2.51. The van der Waals surface area contributed by atoms with Crippen LogP contribution in [0.2, 0.25) is 0 Å². The van der Waals surface area contributed by atoms with Crippen molar-refractivity contribution in [3.8, 4) is 0 Å². The fraction of sp³-hybridized carbons (Fsp3) is 0.556. The van der Waals surface area contributed by atoms with Crippen molar-refractivity contribution in [2.24, 2.45) is 0 Å². The fourth-order valence-electron chi connectivity index (χ4n) is 1.01. The maximum Gasteiger partial charge on any atom is 0.223 e. The number of anilines is 2. The van der Waals surface area contributed by atoms with Crippen molar-refractivity contribution in [1.82, 2.24) is 9.97 Å². The SMILES string of the molecule is CCCNc1cc(SCCO)nc(N)n1. The zero-order chi connectivity index (χ0) is 11.1. The molecule has 1 aromatic rings. The second-order valence-electron chi connectivity index (χ2n) is 2.95. The molecule has 1 heterocycles. The number of nitrogens with two attached hydrogens (primary N) is 1. The van der Waals surface area contributed by atoms with Crippen molar-refractivity contribution in [2.75, 3.05) is 30.0 Å². The molecule has 5 nitrogen and oxygen atoms in total. The standard InChI is InChI=1S/C9H16N4OS/c1-2-3-11-7-6-8(15-5-4-14)13-9(10)12-7/h6,14H,2-5H2,1H3,(H3,10,11,12,13). The molecule has 1 aromatic heterocycles. The van der Waals surface area contributed by atoms with E-state index in [1.807, 2.05) is 6.07 Å². The fourth-order valence-corrected chi connectivity index (χ4v) is 1.66. The summed E-state index contributed by atoms with van der Waals surface area (Å²) in [4.78, 5) is 8.12. The highest BCUT2D eigenvalue weighted by Gasteiger charge is 2.01. The van der Waals surface area contributed by atoms with Gasteiger partial charge in [-0.2, -0.15) is 4.98 Å². The van der Waals surface area contributed by atoms with E-state index >= 15 is 0 Å². The summed E-state index contributed by atoms with van der Waals surface area (Å²) in [7, 11) is 0. The van der Waals surface area contributed by atoms with Gasteiger partial charge in [-0.15, -0.1) is 11.8 Å². The zero-order valence-electron chi connectivity index (χ0n) is 8.73. The van der Waals surface area contributed by atoms with Gasteiger partial charge in [-0.25, -0.2) is 4.98 Å².